The number of benzene rings is 1. The van der Waals surface area contributed by atoms with Crippen LogP contribution in [0.15, 0.2) is 41.8 Å². The van der Waals surface area contributed by atoms with Gasteiger partial charge in [-0.1, -0.05) is 12.1 Å². The molecule has 1 aliphatic rings. The van der Waals surface area contributed by atoms with Crippen LogP contribution in [-0.4, -0.2) is 34.2 Å². The van der Waals surface area contributed by atoms with E-state index in [9.17, 15) is 14.4 Å². The molecule has 0 bridgehead atoms. The third-order valence-corrected chi connectivity index (χ3v) is 6.87. The third kappa shape index (κ3) is 4.49. The normalized spacial score (nSPS) is 13.0. The molecule has 0 saturated heterocycles. The number of carbonyl (C=O) groups is 3. The van der Waals surface area contributed by atoms with Crippen molar-refractivity contribution < 1.29 is 14.4 Å². The Morgan fingerprint density at radius 3 is 2.33 bits per heavy atom. The number of fused-ring (bicyclic) bond motifs is 1. The van der Waals surface area contributed by atoms with E-state index in [4.69, 9.17) is 0 Å². The molecule has 3 aromatic rings. The number of nitrogens with zero attached hydrogens (tertiary/aromatic N) is 2. The molecule has 0 spiro atoms. The largest absolute Gasteiger partial charge is 0.302 e. The van der Waals surface area contributed by atoms with Crippen molar-refractivity contribution in [3.05, 3.63) is 68.4 Å². The number of amides is 3. The number of aryl methyl sites for hydroxylation is 3. The molecule has 30 heavy (non-hydrogen) atoms. The molecule has 1 aliphatic heterocycles. The lowest BCUT2D eigenvalue weighted by Gasteiger charge is -2.13. The number of thiazole rings is 1. The van der Waals surface area contributed by atoms with Crippen molar-refractivity contribution in [2.75, 3.05) is 11.9 Å². The van der Waals surface area contributed by atoms with Gasteiger partial charge in [-0.25, -0.2) is 4.98 Å². The zero-order valence-corrected chi connectivity index (χ0v) is 18.1. The highest BCUT2D eigenvalue weighted by Gasteiger charge is 2.34. The van der Waals surface area contributed by atoms with Crippen LogP contribution in [0.25, 0.3) is 0 Å². The van der Waals surface area contributed by atoms with Crippen molar-refractivity contribution in [3.63, 3.8) is 0 Å². The van der Waals surface area contributed by atoms with E-state index in [1.165, 1.54) is 32.9 Å². The number of hydrogen-bond acceptors (Lipinski definition) is 6. The Morgan fingerprint density at radius 1 is 1.00 bits per heavy atom. The van der Waals surface area contributed by atoms with Gasteiger partial charge in [0.25, 0.3) is 11.8 Å². The van der Waals surface area contributed by atoms with Gasteiger partial charge in [-0.15, -0.1) is 22.7 Å². The van der Waals surface area contributed by atoms with Crippen molar-refractivity contribution in [1.29, 1.82) is 0 Å². The molecule has 3 amide bonds. The predicted molar refractivity (Wildman–Crippen MR) is 118 cm³/mol. The highest BCUT2D eigenvalue weighted by atomic mass is 32.1. The number of thiophene rings is 1. The topological polar surface area (TPSA) is 79.4 Å². The van der Waals surface area contributed by atoms with Gasteiger partial charge >= 0.3 is 0 Å². The number of nitrogens with one attached hydrogen (secondary N) is 1. The molecule has 0 saturated carbocycles. The van der Waals surface area contributed by atoms with Crippen LogP contribution in [0.3, 0.4) is 0 Å². The van der Waals surface area contributed by atoms with E-state index in [-0.39, 0.29) is 17.7 Å². The van der Waals surface area contributed by atoms with Crippen LogP contribution < -0.4 is 5.32 Å². The van der Waals surface area contributed by atoms with Crippen molar-refractivity contribution in [1.82, 2.24) is 9.88 Å². The molecule has 3 heterocycles. The van der Waals surface area contributed by atoms with Gasteiger partial charge in [-0.3, -0.25) is 19.3 Å². The molecular formula is C22H21N3O3S2. The minimum atomic E-state index is -0.190. The highest BCUT2D eigenvalue weighted by Crippen LogP contribution is 2.24. The van der Waals surface area contributed by atoms with Crippen LogP contribution in [0, 0.1) is 0 Å². The van der Waals surface area contributed by atoms with Crippen molar-refractivity contribution in [2.24, 2.45) is 0 Å². The fourth-order valence-corrected chi connectivity index (χ4v) is 5.28. The monoisotopic (exact) mass is 439 g/mol. The molecule has 0 fully saturated rings. The Morgan fingerprint density at radius 2 is 1.67 bits per heavy atom. The average molecular weight is 440 g/mol. The fourth-order valence-electron chi connectivity index (χ4n) is 3.43. The molecular weight excluding hydrogens is 418 g/mol. The zero-order valence-electron chi connectivity index (χ0n) is 16.5. The number of hydrogen-bond donors (Lipinski definition) is 1. The molecule has 6 nitrogen and oxygen atoms in total. The minimum absolute atomic E-state index is 0.111. The summed E-state index contributed by atoms with van der Waals surface area (Å²) in [6.45, 7) is 1.91. The highest BCUT2D eigenvalue weighted by molar-refractivity contribution is 7.14. The summed E-state index contributed by atoms with van der Waals surface area (Å²) >= 11 is 3.20. The summed E-state index contributed by atoms with van der Waals surface area (Å²) in [6, 6.07) is 11.2. The van der Waals surface area contributed by atoms with E-state index < -0.39 is 0 Å². The Labute approximate surface area is 182 Å². The van der Waals surface area contributed by atoms with Gasteiger partial charge in [0.15, 0.2) is 5.13 Å². The van der Waals surface area contributed by atoms with Gasteiger partial charge < -0.3 is 5.32 Å². The summed E-state index contributed by atoms with van der Waals surface area (Å²) in [5, 5.41) is 5.32. The Balaban J connectivity index is 1.25. The average Bonchev–Trinajstić information content (AvgIpc) is 3.42. The van der Waals surface area contributed by atoms with E-state index in [1.54, 1.807) is 35.6 Å². The molecule has 2 aromatic heterocycles. The third-order valence-electron chi connectivity index (χ3n) is 4.86. The van der Waals surface area contributed by atoms with Crippen LogP contribution in [0.2, 0.25) is 0 Å². The number of rotatable bonds is 8. The van der Waals surface area contributed by atoms with Crippen LogP contribution in [0.5, 0.6) is 0 Å². The second kappa shape index (κ2) is 8.89. The van der Waals surface area contributed by atoms with E-state index in [2.05, 4.69) is 22.4 Å². The Kier molecular flexibility index (Phi) is 6.06. The summed E-state index contributed by atoms with van der Waals surface area (Å²) in [6.07, 6.45) is 3.30. The maximum Gasteiger partial charge on any atom is 0.261 e. The van der Waals surface area contributed by atoms with Gasteiger partial charge in [0, 0.05) is 28.6 Å². The molecule has 0 unspecified atom stereocenters. The summed E-state index contributed by atoms with van der Waals surface area (Å²) in [5.41, 5.74) is 1.98. The molecule has 0 atom stereocenters. The quantitative estimate of drug-likeness (QED) is 0.534. The molecule has 8 heteroatoms. The summed E-state index contributed by atoms with van der Waals surface area (Å²) in [5.74, 6) is -0.492. The standard InChI is InChI=1S/C22H21N3O3S2/c1-14(26)23-22-24-15(13-29-22)8-9-17-11-10-16(30-17)5-4-12-25-20(27)18-6-2-3-7-19(18)21(25)28/h2-3,6-7,10-11,13H,4-5,8-9,12H2,1H3,(H,23,24,26). The second-order valence-corrected chi connectivity index (χ2v) is 9.22. The summed E-state index contributed by atoms with van der Waals surface area (Å²) in [7, 11) is 0. The van der Waals surface area contributed by atoms with E-state index in [0.29, 0.717) is 22.8 Å². The van der Waals surface area contributed by atoms with Gasteiger partial charge in [0.2, 0.25) is 5.91 Å². The van der Waals surface area contributed by atoms with Crippen LogP contribution >= 0.6 is 22.7 Å². The predicted octanol–water partition coefficient (Wildman–Crippen LogP) is 4.18. The van der Waals surface area contributed by atoms with E-state index in [1.807, 2.05) is 5.38 Å². The maximum absolute atomic E-state index is 12.4. The van der Waals surface area contributed by atoms with E-state index in [0.717, 1.165) is 31.4 Å². The molecule has 4 rings (SSSR count). The first kappa shape index (κ1) is 20.4. The lowest BCUT2D eigenvalue weighted by atomic mass is 10.1. The molecule has 1 N–H and O–H groups in total. The maximum atomic E-state index is 12.4. The number of aromatic nitrogens is 1. The zero-order chi connectivity index (χ0) is 21.1. The fraction of sp³-hybridized carbons (Fsp3) is 0.273. The number of carbonyl (C=O) groups excluding carboxylic acids is 3. The lowest BCUT2D eigenvalue weighted by Crippen LogP contribution is -2.30. The van der Waals surface area contributed by atoms with Crippen LogP contribution in [0.4, 0.5) is 5.13 Å². The van der Waals surface area contributed by atoms with Gasteiger partial charge in [-0.05, 0) is 49.9 Å². The molecule has 154 valence electrons. The van der Waals surface area contributed by atoms with Crippen LogP contribution in [0.1, 0.15) is 49.5 Å². The Bertz CT molecular complexity index is 1070. The van der Waals surface area contributed by atoms with Crippen molar-refractivity contribution >= 4 is 45.5 Å². The number of imide groups is 1. The lowest BCUT2D eigenvalue weighted by molar-refractivity contribution is -0.114. The van der Waals surface area contributed by atoms with Gasteiger partial charge in [-0.2, -0.15) is 0 Å². The SMILES string of the molecule is CC(=O)Nc1nc(CCc2ccc(CCCN3C(=O)c4ccccc4C3=O)s2)cs1. The first-order valence-corrected chi connectivity index (χ1v) is 11.5. The van der Waals surface area contributed by atoms with Crippen molar-refractivity contribution in [2.45, 2.75) is 32.6 Å². The van der Waals surface area contributed by atoms with Crippen molar-refractivity contribution in [3.8, 4) is 0 Å². The van der Waals surface area contributed by atoms with Gasteiger partial charge in [0.05, 0.1) is 16.8 Å². The van der Waals surface area contributed by atoms with E-state index >= 15 is 0 Å². The molecule has 1 aromatic carbocycles. The molecule has 0 radical (unpaired) electrons. The smallest absolute Gasteiger partial charge is 0.261 e. The first-order valence-electron chi connectivity index (χ1n) is 9.76. The minimum Gasteiger partial charge on any atom is -0.302 e. The van der Waals surface area contributed by atoms with Gasteiger partial charge in [0.1, 0.15) is 0 Å². The molecule has 0 aliphatic carbocycles. The number of anilines is 1. The summed E-state index contributed by atoms with van der Waals surface area (Å²) < 4.78 is 0. The summed E-state index contributed by atoms with van der Waals surface area (Å²) in [4.78, 5) is 44.2. The Hall–Kier alpha value is -2.84. The first-order chi connectivity index (χ1) is 14.5. The van der Waals surface area contributed by atoms with Crippen LogP contribution in [-0.2, 0) is 24.1 Å². The second-order valence-electron chi connectivity index (χ2n) is 7.10.